The lowest BCUT2D eigenvalue weighted by Gasteiger charge is -2.32. The lowest BCUT2D eigenvalue weighted by molar-refractivity contribution is 0.172. The molecule has 0 bridgehead atoms. The Kier molecular flexibility index (Phi) is 6.35. The van der Waals surface area contributed by atoms with Gasteiger partial charge in [0, 0.05) is 32.7 Å². The fraction of sp³-hybridized carbons (Fsp3) is 1.00. The van der Waals surface area contributed by atoms with Crippen LogP contribution in [0.25, 0.3) is 0 Å². The van der Waals surface area contributed by atoms with Gasteiger partial charge in [0.2, 0.25) is 0 Å². The maximum absolute atomic E-state index is 3.36. The van der Waals surface area contributed by atoms with Gasteiger partial charge >= 0.3 is 0 Å². The molecule has 0 unspecified atom stereocenters. The van der Waals surface area contributed by atoms with E-state index in [1.165, 1.54) is 19.6 Å². The van der Waals surface area contributed by atoms with Gasteiger partial charge in [0.15, 0.2) is 0 Å². The predicted octanol–water partition coefficient (Wildman–Crippen LogP) is 1.96. The van der Waals surface area contributed by atoms with Gasteiger partial charge in [-0.1, -0.05) is 34.6 Å². The van der Waals surface area contributed by atoms with Crippen LogP contribution in [0.4, 0.5) is 0 Å². The average molecular weight is 186 g/mol. The van der Waals surface area contributed by atoms with E-state index in [1.807, 2.05) is 13.8 Å². The van der Waals surface area contributed by atoms with Gasteiger partial charge in [0.05, 0.1) is 0 Å². The Labute approximate surface area is 83.7 Å². The number of hydrogen-bond donors (Lipinski definition) is 1. The standard InChI is InChI=1S/C9H20N2.C2H6/c1-9(2,3)8-11-6-4-10-5-7-11;1-2/h10H,4-8H2,1-3H3;1-2H3. The number of rotatable bonds is 1. The third kappa shape index (κ3) is 7.03. The van der Waals surface area contributed by atoms with Crippen LogP contribution in [0.1, 0.15) is 34.6 Å². The molecule has 0 aromatic carbocycles. The van der Waals surface area contributed by atoms with E-state index in [-0.39, 0.29) is 0 Å². The molecule has 1 saturated heterocycles. The first kappa shape index (κ1) is 12.9. The molecule has 0 radical (unpaired) electrons. The second-order valence-corrected chi connectivity index (χ2v) is 4.59. The van der Waals surface area contributed by atoms with Crippen molar-refractivity contribution < 1.29 is 0 Å². The van der Waals surface area contributed by atoms with E-state index in [4.69, 9.17) is 0 Å². The summed E-state index contributed by atoms with van der Waals surface area (Å²) in [6.07, 6.45) is 0. The van der Waals surface area contributed by atoms with Crippen LogP contribution < -0.4 is 5.32 Å². The third-order valence-corrected chi connectivity index (χ3v) is 1.91. The van der Waals surface area contributed by atoms with Crippen LogP contribution in [0.2, 0.25) is 0 Å². The van der Waals surface area contributed by atoms with Crippen LogP contribution in [0, 0.1) is 5.41 Å². The minimum Gasteiger partial charge on any atom is -0.314 e. The van der Waals surface area contributed by atoms with E-state index >= 15 is 0 Å². The molecule has 1 aliphatic rings. The normalized spacial score (nSPS) is 19.2. The summed E-state index contributed by atoms with van der Waals surface area (Å²) in [4.78, 5) is 2.54. The van der Waals surface area contributed by atoms with E-state index in [9.17, 15) is 0 Å². The summed E-state index contributed by atoms with van der Waals surface area (Å²) in [6, 6.07) is 0. The van der Waals surface area contributed by atoms with Crippen molar-refractivity contribution in [1.29, 1.82) is 0 Å². The highest BCUT2D eigenvalue weighted by Crippen LogP contribution is 2.14. The second kappa shape index (κ2) is 6.39. The summed E-state index contributed by atoms with van der Waals surface area (Å²) in [5.74, 6) is 0. The Bertz CT molecular complexity index is 110. The molecule has 0 aromatic heterocycles. The lowest BCUT2D eigenvalue weighted by Crippen LogP contribution is -2.46. The largest absolute Gasteiger partial charge is 0.314 e. The van der Waals surface area contributed by atoms with Crippen molar-refractivity contribution >= 4 is 0 Å². The Morgan fingerprint density at radius 3 is 1.92 bits per heavy atom. The molecule has 0 aliphatic carbocycles. The fourth-order valence-electron chi connectivity index (χ4n) is 1.54. The highest BCUT2D eigenvalue weighted by Gasteiger charge is 2.17. The molecule has 0 amide bonds. The summed E-state index contributed by atoms with van der Waals surface area (Å²) < 4.78 is 0. The lowest BCUT2D eigenvalue weighted by atomic mass is 9.96. The van der Waals surface area contributed by atoms with Crippen LogP contribution in [0.15, 0.2) is 0 Å². The molecule has 1 rings (SSSR count). The minimum atomic E-state index is 0.456. The van der Waals surface area contributed by atoms with Crippen molar-refractivity contribution in [2.75, 3.05) is 32.7 Å². The van der Waals surface area contributed by atoms with Crippen molar-refractivity contribution in [2.45, 2.75) is 34.6 Å². The van der Waals surface area contributed by atoms with Gasteiger partial charge in [-0.25, -0.2) is 0 Å². The monoisotopic (exact) mass is 186 g/mol. The van der Waals surface area contributed by atoms with Crippen molar-refractivity contribution in [3.63, 3.8) is 0 Å². The molecule has 0 aromatic rings. The highest BCUT2D eigenvalue weighted by atomic mass is 15.2. The molecule has 1 heterocycles. The van der Waals surface area contributed by atoms with E-state index < -0.39 is 0 Å². The maximum atomic E-state index is 3.36. The van der Waals surface area contributed by atoms with E-state index in [0.717, 1.165) is 13.1 Å². The number of nitrogens with one attached hydrogen (secondary N) is 1. The fourth-order valence-corrected chi connectivity index (χ4v) is 1.54. The molecule has 0 atom stereocenters. The molecular formula is C11H26N2. The Morgan fingerprint density at radius 2 is 1.54 bits per heavy atom. The summed E-state index contributed by atoms with van der Waals surface area (Å²) in [7, 11) is 0. The molecule has 13 heavy (non-hydrogen) atoms. The molecular weight excluding hydrogens is 160 g/mol. The zero-order chi connectivity index (χ0) is 10.3. The summed E-state index contributed by atoms with van der Waals surface area (Å²) in [5.41, 5.74) is 0.456. The summed E-state index contributed by atoms with van der Waals surface area (Å²) in [5, 5.41) is 3.36. The Morgan fingerprint density at radius 1 is 1.08 bits per heavy atom. The molecule has 2 nitrogen and oxygen atoms in total. The van der Waals surface area contributed by atoms with Gasteiger partial charge in [0.1, 0.15) is 0 Å². The van der Waals surface area contributed by atoms with E-state index in [1.54, 1.807) is 0 Å². The highest BCUT2D eigenvalue weighted by molar-refractivity contribution is 4.73. The zero-order valence-electron chi connectivity index (χ0n) is 9.98. The number of nitrogens with zero attached hydrogens (tertiary/aromatic N) is 1. The SMILES string of the molecule is CC.CC(C)(C)CN1CCNCC1. The first-order valence-electron chi connectivity index (χ1n) is 5.51. The molecule has 2 heteroatoms. The van der Waals surface area contributed by atoms with Crippen molar-refractivity contribution in [1.82, 2.24) is 10.2 Å². The maximum Gasteiger partial charge on any atom is 0.0108 e. The van der Waals surface area contributed by atoms with E-state index in [2.05, 4.69) is 31.0 Å². The van der Waals surface area contributed by atoms with Crippen LogP contribution >= 0.6 is 0 Å². The quantitative estimate of drug-likeness (QED) is 0.673. The minimum absolute atomic E-state index is 0.456. The van der Waals surface area contributed by atoms with Gasteiger partial charge < -0.3 is 10.2 Å². The predicted molar refractivity (Wildman–Crippen MR) is 60.1 cm³/mol. The zero-order valence-corrected chi connectivity index (χ0v) is 9.98. The molecule has 0 spiro atoms. The molecule has 1 N–H and O–H groups in total. The average Bonchev–Trinajstić information content (AvgIpc) is 2.07. The van der Waals surface area contributed by atoms with Gasteiger partial charge in [-0.05, 0) is 5.41 Å². The topological polar surface area (TPSA) is 15.3 Å². The second-order valence-electron chi connectivity index (χ2n) is 4.59. The van der Waals surface area contributed by atoms with Crippen molar-refractivity contribution in [3.05, 3.63) is 0 Å². The summed E-state index contributed by atoms with van der Waals surface area (Å²) in [6.45, 7) is 16.9. The first-order chi connectivity index (χ1) is 6.08. The van der Waals surface area contributed by atoms with Crippen molar-refractivity contribution in [2.24, 2.45) is 5.41 Å². The number of hydrogen-bond acceptors (Lipinski definition) is 2. The van der Waals surface area contributed by atoms with Gasteiger partial charge in [-0.2, -0.15) is 0 Å². The number of piperazine rings is 1. The van der Waals surface area contributed by atoms with Gasteiger partial charge in [0.25, 0.3) is 0 Å². The van der Waals surface area contributed by atoms with Crippen molar-refractivity contribution in [3.8, 4) is 0 Å². The Balaban J connectivity index is 0.000000671. The van der Waals surface area contributed by atoms with Crippen LogP contribution in [0.3, 0.4) is 0 Å². The van der Waals surface area contributed by atoms with Gasteiger partial charge in [-0.15, -0.1) is 0 Å². The summed E-state index contributed by atoms with van der Waals surface area (Å²) >= 11 is 0. The molecule has 1 fully saturated rings. The first-order valence-corrected chi connectivity index (χ1v) is 5.51. The third-order valence-electron chi connectivity index (χ3n) is 1.91. The van der Waals surface area contributed by atoms with Gasteiger partial charge in [-0.3, -0.25) is 0 Å². The smallest absolute Gasteiger partial charge is 0.0108 e. The van der Waals surface area contributed by atoms with Crippen LogP contribution in [-0.2, 0) is 0 Å². The Hall–Kier alpha value is -0.0800. The molecule has 80 valence electrons. The van der Waals surface area contributed by atoms with Crippen LogP contribution in [0.5, 0.6) is 0 Å². The van der Waals surface area contributed by atoms with E-state index in [0.29, 0.717) is 5.41 Å². The van der Waals surface area contributed by atoms with Crippen LogP contribution in [-0.4, -0.2) is 37.6 Å². The molecule has 1 aliphatic heterocycles. The molecule has 0 saturated carbocycles.